The Balaban J connectivity index is 1.96. The second-order valence-corrected chi connectivity index (χ2v) is 5.29. The number of fused-ring (bicyclic) bond motifs is 1. The molecule has 0 amide bonds. The molecule has 1 aromatic heterocycles. The van der Waals surface area contributed by atoms with E-state index in [1.54, 1.807) is 6.26 Å². The minimum absolute atomic E-state index is 0.759. The van der Waals surface area contributed by atoms with Crippen LogP contribution in [0.25, 0.3) is 11.0 Å². The normalized spacial score (nSPS) is 20.7. The molecule has 1 atom stereocenters. The molecule has 0 spiro atoms. The zero-order valence-electron chi connectivity index (χ0n) is 9.00. The van der Waals surface area contributed by atoms with Crippen molar-refractivity contribution in [1.82, 2.24) is 5.32 Å². The number of nitrogens with one attached hydrogen (secondary N) is 1. The van der Waals surface area contributed by atoms with Gasteiger partial charge in [-0.15, -0.1) is 0 Å². The van der Waals surface area contributed by atoms with Crippen molar-refractivity contribution in [2.75, 3.05) is 13.1 Å². The lowest BCUT2D eigenvalue weighted by Gasteiger charge is -2.08. The third kappa shape index (κ3) is 1.78. The standard InChI is InChI=1S/C13H14BrNO/c14-12-8-16-13-10(2-1-3-11(12)13)6-9-4-5-15-7-9/h1-3,8-9,15H,4-7H2. The van der Waals surface area contributed by atoms with E-state index in [4.69, 9.17) is 4.42 Å². The molecule has 1 aliphatic rings. The van der Waals surface area contributed by atoms with E-state index in [0.29, 0.717) is 0 Å². The van der Waals surface area contributed by atoms with E-state index in [0.717, 1.165) is 35.5 Å². The summed E-state index contributed by atoms with van der Waals surface area (Å²) in [7, 11) is 0. The number of hydrogen-bond donors (Lipinski definition) is 1. The monoisotopic (exact) mass is 279 g/mol. The first-order valence-corrected chi connectivity index (χ1v) is 6.49. The fraction of sp³-hybridized carbons (Fsp3) is 0.385. The molecular weight excluding hydrogens is 266 g/mol. The molecule has 2 nitrogen and oxygen atoms in total. The van der Waals surface area contributed by atoms with Crippen LogP contribution in [0.5, 0.6) is 0 Å². The summed E-state index contributed by atoms with van der Waals surface area (Å²) < 4.78 is 6.67. The second-order valence-electron chi connectivity index (χ2n) is 4.44. The summed E-state index contributed by atoms with van der Waals surface area (Å²) >= 11 is 3.51. The molecule has 1 unspecified atom stereocenters. The topological polar surface area (TPSA) is 25.2 Å². The van der Waals surface area contributed by atoms with Gasteiger partial charge in [-0.25, -0.2) is 0 Å². The van der Waals surface area contributed by atoms with Crippen molar-refractivity contribution >= 4 is 26.9 Å². The lowest BCUT2D eigenvalue weighted by molar-refractivity contribution is 0.565. The van der Waals surface area contributed by atoms with E-state index in [1.165, 1.54) is 17.4 Å². The van der Waals surface area contributed by atoms with Gasteiger partial charge >= 0.3 is 0 Å². The van der Waals surface area contributed by atoms with Crippen molar-refractivity contribution in [2.24, 2.45) is 5.92 Å². The summed E-state index contributed by atoms with van der Waals surface area (Å²) in [6.07, 6.45) is 4.17. The van der Waals surface area contributed by atoms with Crippen LogP contribution in [-0.2, 0) is 6.42 Å². The van der Waals surface area contributed by atoms with Gasteiger partial charge in [0.1, 0.15) is 11.8 Å². The fourth-order valence-corrected chi connectivity index (χ4v) is 2.85. The molecule has 16 heavy (non-hydrogen) atoms. The van der Waals surface area contributed by atoms with Gasteiger partial charge in [0.2, 0.25) is 0 Å². The molecule has 0 saturated carbocycles. The van der Waals surface area contributed by atoms with Gasteiger partial charge in [0.05, 0.1) is 4.47 Å². The van der Waals surface area contributed by atoms with E-state index in [1.807, 2.05) is 0 Å². The molecule has 3 heteroatoms. The first-order chi connectivity index (χ1) is 7.84. The maximum atomic E-state index is 5.62. The SMILES string of the molecule is Brc1coc2c(CC3CCNC3)cccc12. The van der Waals surface area contributed by atoms with Crippen molar-refractivity contribution in [1.29, 1.82) is 0 Å². The Kier molecular flexibility index (Phi) is 2.74. The summed E-state index contributed by atoms with van der Waals surface area (Å²) in [4.78, 5) is 0. The number of benzene rings is 1. The zero-order valence-corrected chi connectivity index (χ0v) is 10.6. The number of rotatable bonds is 2. The van der Waals surface area contributed by atoms with Gasteiger partial charge in [-0.2, -0.15) is 0 Å². The molecule has 1 aromatic carbocycles. The lowest BCUT2D eigenvalue weighted by atomic mass is 9.97. The molecule has 0 aliphatic carbocycles. The summed E-state index contributed by atoms with van der Waals surface area (Å²) in [5.74, 6) is 0.759. The smallest absolute Gasteiger partial charge is 0.138 e. The minimum atomic E-state index is 0.759. The van der Waals surface area contributed by atoms with Crippen LogP contribution in [-0.4, -0.2) is 13.1 Å². The van der Waals surface area contributed by atoms with Crippen molar-refractivity contribution < 1.29 is 4.42 Å². The summed E-state index contributed by atoms with van der Waals surface area (Å²) in [5, 5.41) is 4.59. The van der Waals surface area contributed by atoms with Gasteiger partial charge in [-0.05, 0) is 59.4 Å². The van der Waals surface area contributed by atoms with Crippen LogP contribution < -0.4 is 5.32 Å². The van der Waals surface area contributed by atoms with Crippen LogP contribution in [0.3, 0.4) is 0 Å². The predicted molar refractivity (Wildman–Crippen MR) is 68.6 cm³/mol. The van der Waals surface area contributed by atoms with Crippen LogP contribution in [0.2, 0.25) is 0 Å². The van der Waals surface area contributed by atoms with Gasteiger partial charge in [0.15, 0.2) is 0 Å². The summed E-state index contributed by atoms with van der Waals surface area (Å²) in [6, 6.07) is 6.39. The van der Waals surface area contributed by atoms with Gasteiger partial charge in [-0.1, -0.05) is 12.1 Å². The quantitative estimate of drug-likeness (QED) is 0.912. The first kappa shape index (κ1) is 10.4. The Morgan fingerprint density at radius 2 is 2.38 bits per heavy atom. The fourth-order valence-electron chi connectivity index (χ4n) is 2.45. The van der Waals surface area contributed by atoms with Gasteiger partial charge in [0.25, 0.3) is 0 Å². The highest BCUT2D eigenvalue weighted by molar-refractivity contribution is 9.10. The minimum Gasteiger partial charge on any atom is -0.463 e. The van der Waals surface area contributed by atoms with Crippen LogP contribution >= 0.6 is 15.9 Å². The van der Waals surface area contributed by atoms with Crippen molar-refractivity contribution in [3.8, 4) is 0 Å². The average Bonchev–Trinajstić information content (AvgIpc) is 2.90. The van der Waals surface area contributed by atoms with E-state index in [-0.39, 0.29) is 0 Å². The van der Waals surface area contributed by atoms with Crippen LogP contribution in [0.4, 0.5) is 0 Å². The largest absolute Gasteiger partial charge is 0.463 e. The molecule has 2 aromatic rings. The number of furan rings is 1. The molecular formula is C13H14BrNO. The third-order valence-electron chi connectivity index (χ3n) is 3.31. The molecule has 84 valence electrons. The van der Waals surface area contributed by atoms with Gasteiger partial charge in [-0.3, -0.25) is 0 Å². The number of halogens is 1. The second kappa shape index (κ2) is 4.22. The molecule has 0 radical (unpaired) electrons. The third-order valence-corrected chi connectivity index (χ3v) is 3.92. The van der Waals surface area contributed by atoms with E-state index in [9.17, 15) is 0 Å². The predicted octanol–water partition coefficient (Wildman–Crippen LogP) is 3.35. The number of para-hydroxylation sites is 1. The molecule has 1 saturated heterocycles. The first-order valence-electron chi connectivity index (χ1n) is 5.70. The zero-order chi connectivity index (χ0) is 11.0. The summed E-state index contributed by atoms with van der Waals surface area (Å²) in [6.45, 7) is 2.29. The maximum absolute atomic E-state index is 5.62. The summed E-state index contributed by atoms with van der Waals surface area (Å²) in [5.41, 5.74) is 2.37. The Morgan fingerprint density at radius 1 is 1.44 bits per heavy atom. The molecule has 1 fully saturated rings. The van der Waals surface area contributed by atoms with Crippen LogP contribution in [0.15, 0.2) is 33.4 Å². The molecule has 1 aliphatic heterocycles. The molecule has 2 heterocycles. The Hall–Kier alpha value is -0.800. The van der Waals surface area contributed by atoms with Crippen LogP contribution in [0, 0.1) is 5.92 Å². The highest BCUT2D eigenvalue weighted by Crippen LogP contribution is 2.30. The Bertz CT molecular complexity index is 500. The molecule has 0 bridgehead atoms. The Labute approximate surface area is 103 Å². The highest BCUT2D eigenvalue weighted by atomic mass is 79.9. The maximum Gasteiger partial charge on any atom is 0.138 e. The van der Waals surface area contributed by atoms with E-state index < -0.39 is 0 Å². The van der Waals surface area contributed by atoms with Crippen LogP contribution in [0.1, 0.15) is 12.0 Å². The van der Waals surface area contributed by atoms with Crippen molar-refractivity contribution in [3.05, 3.63) is 34.5 Å². The van der Waals surface area contributed by atoms with E-state index in [2.05, 4.69) is 39.4 Å². The average molecular weight is 280 g/mol. The molecule has 3 rings (SSSR count). The van der Waals surface area contributed by atoms with E-state index >= 15 is 0 Å². The number of hydrogen-bond acceptors (Lipinski definition) is 2. The van der Waals surface area contributed by atoms with Gasteiger partial charge < -0.3 is 9.73 Å². The van der Waals surface area contributed by atoms with Crippen molar-refractivity contribution in [2.45, 2.75) is 12.8 Å². The van der Waals surface area contributed by atoms with Crippen molar-refractivity contribution in [3.63, 3.8) is 0 Å². The van der Waals surface area contributed by atoms with Gasteiger partial charge in [0, 0.05) is 5.39 Å². The highest BCUT2D eigenvalue weighted by Gasteiger charge is 2.17. The molecule has 1 N–H and O–H groups in total. The lowest BCUT2D eigenvalue weighted by Crippen LogP contribution is -2.10. The Morgan fingerprint density at radius 3 is 3.19 bits per heavy atom.